The second-order valence-electron chi connectivity index (χ2n) is 7.05. The highest BCUT2D eigenvalue weighted by molar-refractivity contribution is 5.74. The number of carboxylic acid groups (broad SMARTS) is 1. The Morgan fingerprint density at radius 3 is 2.04 bits per heavy atom. The standard InChI is InChI=1S/C17H25NO5/c1-16(2,3)23-15(22)18-12(11-9-7-6-8-10-11)17(4,5)13(19)14(20)21/h6-10,12-13,19H,1-5H3,(H,18,22)(H,20,21). The second kappa shape index (κ2) is 7.00. The van der Waals surface area contributed by atoms with Gasteiger partial charge in [-0.1, -0.05) is 44.2 Å². The van der Waals surface area contributed by atoms with Gasteiger partial charge in [0, 0.05) is 5.41 Å². The molecule has 0 aromatic heterocycles. The number of rotatable bonds is 5. The van der Waals surface area contributed by atoms with Gasteiger partial charge >= 0.3 is 12.1 Å². The molecule has 2 atom stereocenters. The number of carboxylic acids is 1. The van der Waals surface area contributed by atoms with Crippen molar-refractivity contribution in [3.8, 4) is 0 Å². The average Bonchev–Trinajstić information content (AvgIpc) is 2.42. The summed E-state index contributed by atoms with van der Waals surface area (Å²) in [7, 11) is 0. The minimum Gasteiger partial charge on any atom is -0.479 e. The van der Waals surface area contributed by atoms with Crippen molar-refractivity contribution in [2.75, 3.05) is 0 Å². The van der Waals surface area contributed by atoms with E-state index in [0.29, 0.717) is 5.56 Å². The van der Waals surface area contributed by atoms with Gasteiger partial charge in [-0.15, -0.1) is 0 Å². The molecule has 3 N–H and O–H groups in total. The number of hydrogen-bond donors (Lipinski definition) is 3. The highest BCUT2D eigenvalue weighted by atomic mass is 16.6. The van der Waals surface area contributed by atoms with Crippen molar-refractivity contribution >= 4 is 12.1 Å². The molecule has 128 valence electrons. The van der Waals surface area contributed by atoms with Crippen LogP contribution in [0.3, 0.4) is 0 Å². The van der Waals surface area contributed by atoms with E-state index in [2.05, 4.69) is 5.32 Å². The molecule has 0 saturated heterocycles. The number of ether oxygens (including phenoxy) is 1. The summed E-state index contributed by atoms with van der Waals surface area (Å²) in [6.45, 7) is 8.38. The van der Waals surface area contributed by atoms with Gasteiger partial charge in [-0.3, -0.25) is 0 Å². The van der Waals surface area contributed by atoms with Gasteiger partial charge in [-0.25, -0.2) is 9.59 Å². The minimum absolute atomic E-state index is 0.669. The number of aliphatic carboxylic acids is 1. The van der Waals surface area contributed by atoms with Gasteiger partial charge in [0.15, 0.2) is 6.10 Å². The Hall–Kier alpha value is -2.08. The number of nitrogens with one attached hydrogen (secondary N) is 1. The van der Waals surface area contributed by atoms with E-state index in [1.165, 1.54) is 0 Å². The lowest BCUT2D eigenvalue weighted by Crippen LogP contribution is -2.48. The first-order chi connectivity index (χ1) is 10.4. The Morgan fingerprint density at radius 1 is 1.09 bits per heavy atom. The molecule has 0 saturated carbocycles. The quantitative estimate of drug-likeness (QED) is 0.774. The molecule has 0 aliphatic carbocycles. The van der Waals surface area contributed by atoms with E-state index in [1.54, 1.807) is 58.9 Å². The van der Waals surface area contributed by atoms with Crippen molar-refractivity contribution in [3.05, 3.63) is 35.9 Å². The monoisotopic (exact) mass is 323 g/mol. The van der Waals surface area contributed by atoms with E-state index in [4.69, 9.17) is 9.84 Å². The van der Waals surface area contributed by atoms with E-state index >= 15 is 0 Å². The zero-order valence-corrected chi connectivity index (χ0v) is 14.2. The van der Waals surface area contributed by atoms with Crippen LogP contribution in [0.5, 0.6) is 0 Å². The third kappa shape index (κ3) is 5.25. The number of alkyl carbamates (subject to hydrolysis) is 1. The van der Waals surface area contributed by atoms with Crippen LogP contribution in [0.1, 0.15) is 46.2 Å². The van der Waals surface area contributed by atoms with Crippen molar-refractivity contribution < 1.29 is 24.5 Å². The van der Waals surface area contributed by atoms with Crippen molar-refractivity contribution in [2.45, 2.75) is 52.4 Å². The average molecular weight is 323 g/mol. The summed E-state index contributed by atoms with van der Waals surface area (Å²) in [5, 5.41) is 21.9. The molecule has 0 radical (unpaired) electrons. The molecule has 2 unspecified atom stereocenters. The van der Waals surface area contributed by atoms with Crippen LogP contribution in [0.25, 0.3) is 0 Å². The van der Waals surface area contributed by atoms with Crippen LogP contribution in [0, 0.1) is 5.41 Å². The molecule has 23 heavy (non-hydrogen) atoms. The summed E-state index contributed by atoms with van der Waals surface area (Å²) in [4.78, 5) is 23.3. The Balaban J connectivity index is 3.13. The Bertz CT molecular complexity index is 548. The predicted molar refractivity (Wildman–Crippen MR) is 86.0 cm³/mol. The van der Waals surface area contributed by atoms with E-state index in [-0.39, 0.29) is 0 Å². The summed E-state index contributed by atoms with van der Waals surface area (Å²) in [5.41, 5.74) is -1.14. The fourth-order valence-corrected chi connectivity index (χ4v) is 2.25. The second-order valence-corrected chi connectivity index (χ2v) is 7.05. The van der Waals surface area contributed by atoms with Gasteiger partial charge in [-0.05, 0) is 26.3 Å². The highest BCUT2D eigenvalue weighted by Crippen LogP contribution is 2.37. The number of benzene rings is 1. The van der Waals surface area contributed by atoms with Crippen molar-refractivity contribution in [2.24, 2.45) is 5.41 Å². The predicted octanol–water partition coefficient (Wildman–Crippen LogP) is 2.72. The van der Waals surface area contributed by atoms with E-state index in [1.807, 2.05) is 6.07 Å². The van der Waals surface area contributed by atoms with Crippen LogP contribution < -0.4 is 5.32 Å². The molecule has 6 heteroatoms. The summed E-state index contributed by atoms with van der Waals surface area (Å²) in [6, 6.07) is 8.17. The maximum absolute atomic E-state index is 12.1. The summed E-state index contributed by atoms with van der Waals surface area (Å²) in [6.07, 6.45) is -2.32. The molecule has 1 rings (SSSR count). The number of hydrogen-bond acceptors (Lipinski definition) is 4. The molecule has 0 fully saturated rings. The highest BCUT2D eigenvalue weighted by Gasteiger charge is 2.42. The molecular formula is C17H25NO5. The van der Waals surface area contributed by atoms with Gasteiger partial charge in [-0.2, -0.15) is 0 Å². The molecule has 0 heterocycles. The Morgan fingerprint density at radius 2 is 1.61 bits per heavy atom. The number of carbonyl (C=O) groups is 2. The summed E-state index contributed by atoms with van der Waals surface area (Å²) >= 11 is 0. The van der Waals surface area contributed by atoms with Gasteiger partial charge in [0.05, 0.1) is 6.04 Å². The van der Waals surface area contributed by atoms with Gasteiger partial charge in [0.25, 0.3) is 0 Å². The molecule has 0 bridgehead atoms. The van der Waals surface area contributed by atoms with Crippen molar-refractivity contribution in [3.63, 3.8) is 0 Å². The molecule has 1 aromatic rings. The largest absolute Gasteiger partial charge is 0.479 e. The lowest BCUT2D eigenvalue weighted by atomic mass is 9.76. The fraction of sp³-hybridized carbons (Fsp3) is 0.529. The Labute approximate surface area is 136 Å². The van der Waals surface area contributed by atoms with Crippen molar-refractivity contribution in [1.82, 2.24) is 5.32 Å². The van der Waals surface area contributed by atoms with Crippen LogP contribution in [0.2, 0.25) is 0 Å². The van der Waals surface area contributed by atoms with Gasteiger partial charge in [0.1, 0.15) is 5.60 Å². The minimum atomic E-state index is -1.65. The Kier molecular flexibility index (Phi) is 5.77. The van der Waals surface area contributed by atoms with Crippen LogP contribution in [0.15, 0.2) is 30.3 Å². The molecule has 0 aliphatic rings. The van der Waals surface area contributed by atoms with Crippen LogP contribution in [-0.2, 0) is 9.53 Å². The van der Waals surface area contributed by atoms with Crippen LogP contribution in [-0.4, -0.2) is 34.0 Å². The molecule has 0 spiro atoms. The molecular weight excluding hydrogens is 298 g/mol. The summed E-state index contributed by atoms with van der Waals surface area (Å²) < 4.78 is 5.25. The number of aliphatic hydroxyl groups is 1. The smallest absolute Gasteiger partial charge is 0.408 e. The molecule has 0 aliphatic heterocycles. The van der Waals surface area contributed by atoms with Gasteiger partial charge in [0.2, 0.25) is 0 Å². The van der Waals surface area contributed by atoms with E-state index in [0.717, 1.165) is 0 Å². The molecule has 1 aromatic carbocycles. The fourth-order valence-electron chi connectivity index (χ4n) is 2.25. The first-order valence-corrected chi connectivity index (χ1v) is 7.40. The molecule has 6 nitrogen and oxygen atoms in total. The van der Waals surface area contributed by atoms with Crippen LogP contribution in [0.4, 0.5) is 4.79 Å². The number of carbonyl (C=O) groups excluding carboxylic acids is 1. The maximum Gasteiger partial charge on any atom is 0.408 e. The number of aliphatic hydroxyl groups excluding tert-OH is 1. The third-order valence-corrected chi connectivity index (χ3v) is 3.48. The van der Waals surface area contributed by atoms with E-state index < -0.39 is 35.2 Å². The van der Waals surface area contributed by atoms with E-state index in [9.17, 15) is 14.7 Å². The maximum atomic E-state index is 12.1. The van der Waals surface area contributed by atoms with Crippen molar-refractivity contribution in [1.29, 1.82) is 0 Å². The van der Waals surface area contributed by atoms with Crippen LogP contribution >= 0.6 is 0 Å². The zero-order chi connectivity index (χ0) is 17.8. The summed E-state index contributed by atoms with van der Waals surface area (Å²) in [5.74, 6) is -1.35. The first kappa shape index (κ1) is 19.0. The first-order valence-electron chi connectivity index (χ1n) is 7.40. The topological polar surface area (TPSA) is 95.9 Å². The zero-order valence-electron chi connectivity index (χ0n) is 14.2. The lowest BCUT2D eigenvalue weighted by molar-refractivity contribution is -0.154. The normalized spacial score (nSPS) is 14.7. The SMILES string of the molecule is CC(C)(C)OC(=O)NC(c1ccccc1)C(C)(C)C(O)C(=O)O. The van der Waals surface area contributed by atoms with Gasteiger partial charge < -0.3 is 20.3 Å². The lowest BCUT2D eigenvalue weighted by Gasteiger charge is -2.37. The molecule has 1 amide bonds. The third-order valence-electron chi connectivity index (χ3n) is 3.48. The number of amides is 1.